The summed E-state index contributed by atoms with van der Waals surface area (Å²) < 4.78 is 11.6. The van der Waals surface area contributed by atoms with Crippen molar-refractivity contribution in [2.75, 3.05) is 0 Å². The minimum Gasteiger partial charge on any atom is -0.462 e. The van der Waals surface area contributed by atoms with Gasteiger partial charge >= 0.3 is 5.97 Å². The standard InChI is InChI=1S/C20H24O4/c1-10(2)14-7-6-13-9-16(24-20(13)22)17(11(3)4)15-8-12(5)19(23-15)18(14)21/h8-9,14,16-18,21H,1,3,6-7H2,2,4-5H3/t14-,16+,17-,18-/m1/s1. The Hall–Kier alpha value is -2.07. The molecule has 1 N–H and O–H groups in total. The Morgan fingerprint density at radius 3 is 2.62 bits per heavy atom. The predicted octanol–water partition coefficient (Wildman–Crippen LogP) is 4.12. The van der Waals surface area contributed by atoms with Crippen LogP contribution >= 0.6 is 0 Å². The molecule has 4 heteroatoms. The zero-order valence-electron chi connectivity index (χ0n) is 14.5. The number of rotatable bonds is 2. The molecule has 1 aromatic rings. The zero-order chi connectivity index (χ0) is 17.6. The molecule has 24 heavy (non-hydrogen) atoms. The van der Waals surface area contributed by atoms with Crippen LogP contribution in [0.25, 0.3) is 0 Å². The topological polar surface area (TPSA) is 59.7 Å². The number of aliphatic hydroxyl groups is 1. The maximum Gasteiger partial charge on any atom is 0.334 e. The monoisotopic (exact) mass is 328 g/mol. The summed E-state index contributed by atoms with van der Waals surface area (Å²) in [4.78, 5) is 12.2. The highest BCUT2D eigenvalue weighted by atomic mass is 16.5. The molecule has 128 valence electrons. The van der Waals surface area contributed by atoms with Gasteiger partial charge in [0.1, 0.15) is 23.7 Å². The van der Waals surface area contributed by atoms with Gasteiger partial charge in [-0.1, -0.05) is 24.3 Å². The van der Waals surface area contributed by atoms with E-state index in [1.807, 2.05) is 32.9 Å². The highest BCUT2D eigenvalue weighted by Gasteiger charge is 2.38. The Morgan fingerprint density at radius 1 is 1.29 bits per heavy atom. The summed E-state index contributed by atoms with van der Waals surface area (Å²) >= 11 is 0. The van der Waals surface area contributed by atoms with Crippen molar-refractivity contribution in [3.63, 3.8) is 0 Å². The first kappa shape index (κ1) is 16.8. The molecular formula is C20H24O4. The Kier molecular flexibility index (Phi) is 4.26. The quantitative estimate of drug-likeness (QED) is 0.655. The summed E-state index contributed by atoms with van der Waals surface area (Å²) in [6.45, 7) is 13.8. The van der Waals surface area contributed by atoms with Gasteiger partial charge in [-0.2, -0.15) is 0 Å². The van der Waals surface area contributed by atoms with E-state index < -0.39 is 12.2 Å². The molecule has 4 atom stereocenters. The van der Waals surface area contributed by atoms with E-state index in [1.165, 1.54) is 0 Å². The summed E-state index contributed by atoms with van der Waals surface area (Å²) in [5.41, 5.74) is 3.28. The van der Waals surface area contributed by atoms with Crippen LogP contribution in [0.1, 0.15) is 55.8 Å². The van der Waals surface area contributed by atoms with Gasteiger partial charge in [-0.3, -0.25) is 0 Å². The van der Waals surface area contributed by atoms with E-state index in [1.54, 1.807) is 0 Å². The van der Waals surface area contributed by atoms with Gasteiger partial charge in [-0.05, 0) is 51.3 Å². The van der Waals surface area contributed by atoms with Crippen molar-refractivity contribution in [3.8, 4) is 0 Å². The van der Waals surface area contributed by atoms with E-state index in [2.05, 4.69) is 13.2 Å². The molecule has 1 aromatic heterocycles. The maximum absolute atomic E-state index is 12.2. The van der Waals surface area contributed by atoms with Crippen LogP contribution in [-0.4, -0.2) is 17.2 Å². The molecule has 0 spiro atoms. The fourth-order valence-electron chi connectivity index (χ4n) is 3.67. The number of carbonyl (C=O) groups excluding carboxylic acids is 1. The van der Waals surface area contributed by atoms with Crippen molar-refractivity contribution in [1.82, 2.24) is 0 Å². The number of hydrogen-bond donors (Lipinski definition) is 1. The van der Waals surface area contributed by atoms with Gasteiger partial charge in [-0.15, -0.1) is 0 Å². The van der Waals surface area contributed by atoms with Gasteiger partial charge in [0.2, 0.25) is 0 Å². The predicted molar refractivity (Wildman–Crippen MR) is 91.5 cm³/mol. The highest BCUT2D eigenvalue weighted by Crippen LogP contribution is 2.42. The fourth-order valence-corrected chi connectivity index (χ4v) is 3.67. The number of aliphatic hydroxyl groups excluding tert-OH is 1. The van der Waals surface area contributed by atoms with Crippen LogP contribution < -0.4 is 0 Å². The Bertz CT molecular complexity index is 737. The lowest BCUT2D eigenvalue weighted by molar-refractivity contribution is -0.140. The van der Waals surface area contributed by atoms with Gasteiger partial charge < -0.3 is 14.3 Å². The lowest BCUT2D eigenvalue weighted by atomic mass is 9.86. The van der Waals surface area contributed by atoms with Crippen LogP contribution in [0.5, 0.6) is 0 Å². The third-order valence-electron chi connectivity index (χ3n) is 5.02. The Labute approximate surface area is 142 Å². The normalized spacial score (nSPS) is 29.5. The maximum atomic E-state index is 12.2. The summed E-state index contributed by atoms with van der Waals surface area (Å²) in [6.07, 6.45) is 1.89. The van der Waals surface area contributed by atoms with Crippen LogP contribution in [0, 0.1) is 12.8 Å². The molecule has 3 heterocycles. The molecule has 0 unspecified atom stereocenters. The minimum absolute atomic E-state index is 0.170. The summed E-state index contributed by atoms with van der Waals surface area (Å²) in [5, 5.41) is 10.8. The molecule has 2 aliphatic heterocycles. The number of esters is 1. The highest BCUT2D eigenvalue weighted by molar-refractivity contribution is 5.91. The summed E-state index contributed by atoms with van der Waals surface area (Å²) in [6, 6.07) is 1.91. The second kappa shape index (κ2) is 6.10. The zero-order valence-corrected chi connectivity index (χ0v) is 14.5. The molecule has 0 saturated heterocycles. The van der Waals surface area contributed by atoms with Crippen molar-refractivity contribution >= 4 is 5.97 Å². The van der Waals surface area contributed by atoms with Gasteiger partial charge in [0, 0.05) is 11.5 Å². The van der Waals surface area contributed by atoms with Gasteiger partial charge in [0.15, 0.2) is 0 Å². The lowest BCUT2D eigenvalue weighted by Gasteiger charge is -2.23. The van der Waals surface area contributed by atoms with E-state index in [4.69, 9.17) is 9.15 Å². The molecule has 0 aliphatic carbocycles. The van der Waals surface area contributed by atoms with Gasteiger partial charge in [0.25, 0.3) is 0 Å². The minimum atomic E-state index is -0.768. The number of furan rings is 1. The fraction of sp³-hybridized carbons (Fsp3) is 0.450. The summed E-state index contributed by atoms with van der Waals surface area (Å²) in [7, 11) is 0. The molecule has 4 bridgehead atoms. The van der Waals surface area contributed by atoms with Crippen molar-refractivity contribution in [1.29, 1.82) is 0 Å². The molecule has 0 amide bonds. The molecule has 0 fully saturated rings. The second-order valence-electron chi connectivity index (χ2n) is 7.02. The summed E-state index contributed by atoms with van der Waals surface area (Å²) in [5.74, 6) is 0.541. The Morgan fingerprint density at radius 2 is 2.00 bits per heavy atom. The molecule has 0 saturated carbocycles. The molecular weight excluding hydrogens is 304 g/mol. The molecule has 4 nitrogen and oxygen atoms in total. The number of ether oxygens (including phenoxy) is 1. The van der Waals surface area contributed by atoms with Gasteiger partial charge in [-0.25, -0.2) is 4.79 Å². The van der Waals surface area contributed by atoms with E-state index >= 15 is 0 Å². The van der Waals surface area contributed by atoms with Crippen molar-refractivity contribution in [3.05, 3.63) is 59.1 Å². The smallest absolute Gasteiger partial charge is 0.334 e. The van der Waals surface area contributed by atoms with Crippen LogP contribution in [0.3, 0.4) is 0 Å². The molecule has 0 aromatic carbocycles. The number of aryl methyl sites for hydroxylation is 1. The molecule has 0 radical (unpaired) electrons. The van der Waals surface area contributed by atoms with E-state index in [0.29, 0.717) is 29.9 Å². The molecule has 3 rings (SSSR count). The largest absolute Gasteiger partial charge is 0.462 e. The number of fused-ring (bicyclic) bond motifs is 3. The lowest BCUT2D eigenvalue weighted by Crippen LogP contribution is -2.19. The first-order valence-corrected chi connectivity index (χ1v) is 8.30. The first-order valence-electron chi connectivity index (χ1n) is 8.30. The number of hydrogen-bond acceptors (Lipinski definition) is 4. The third kappa shape index (κ3) is 2.75. The first-order chi connectivity index (χ1) is 11.3. The van der Waals surface area contributed by atoms with Crippen LogP contribution in [0.4, 0.5) is 0 Å². The van der Waals surface area contributed by atoms with E-state index in [9.17, 15) is 9.90 Å². The SMILES string of the molecule is C=C(C)[C@H]1CCC2=C[C@H](OC2=O)[C@H](C(=C)C)c2cc(C)c(o2)[C@@H]1O. The van der Waals surface area contributed by atoms with Crippen LogP contribution in [-0.2, 0) is 9.53 Å². The third-order valence-corrected chi connectivity index (χ3v) is 5.02. The van der Waals surface area contributed by atoms with Gasteiger partial charge in [0.05, 0.1) is 5.92 Å². The average molecular weight is 328 g/mol. The second-order valence-corrected chi connectivity index (χ2v) is 7.02. The molecule has 2 aliphatic rings. The average Bonchev–Trinajstić information content (AvgIpc) is 3.01. The van der Waals surface area contributed by atoms with Crippen molar-refractivity contribution in [2.45, 2.75) is 51.7 Å². The van der Waals surface area contributed by atoms with Crippen molar-refractivity contribution < 1.29 is 19.1 Å². The van der Waals surface area contributed by atoms with E-state index in [-0.39, 0.29) is 17.8 Å². The van der Waals surface area contributed by atoms with Crippen molar-refractivity contribution in [2.24, 2.45) is 5.92 Å². The van der Waals surface area contributed by atoms with Crippen LogP contribution in [0.15, 0.2) is 46.4 Å². The van der Waals surface area contributed by atoms with E-state index in [0.717, 1.165) is 16.7 Å². The number of carbonyl (C=O) groups is 1. The Balaban J connectivity index is 2.13. The van der Waals surface area contributed by atoms with Crippen LogP contribution in [0.2, 0.25) is 0 Å².